The maximum Gasteiger partial charge on any atom is 0.145 e. The number of hydrogen-bond donors (Lipinski definition) is 1. The molecule has 0 spiro atoms. The van der Waals surface area contributed by atoms with Crippen molar-refractivity contribution in [2.24, 2.45) is 5.73 Å². The molecule has 1 aromatic rings. The summed E-state index contributed by atoms with van der Waals surface area (Å²) in [5.41, 5.74) is 6.10. The second-order valence-corrected chi connectivity index (χ2v) is 4.63. The zero-order valence-corrected chi connectivity index (χ0v) is 9.86. The van der Waals surface area contributed by atoms with E-state index in [1.807, 2.05) is 13.8 Å². The van der Waals surface area contributed by atoms with Crippen molar-refractivity contribution in [3.8, 4) is 5.75 Å². The van der Waals surface area contributed by atoms with E-state index in [0.29, 0.717) is 17.7 Å². The third-order valence-electron chi connectivity index (χ3n) is 1.96. The first kappa shape index (κ1) is 12.3. The van der Waals surface area contributed by atoms with Gasteiger partial charge in [-0.2, -0.15) is 0 Å². The molecule has 0 bridgehead atoms. The SMILES string of the molecule is COc1cc(F)c(Cl)c(CC(C)(C)N)c1. The third kappa shape index (κ3) is 3.36. The van der Waals surface area contributed by atoms with E-state index < -0.39 is 11.4 Å². The summed E-state index contributed by atoms with van der Waals surface area (Å²) in [7, 11) is 1.49. The molecule has 84 valence electrons. The van der Waals surface area contributed by atoms with Gasteiger partial charge in [-0.05, 0) is 31.9 Å². The fourth-order valence-corrected chi connectivity index (χ4v) is 1.53. The van der Waals surface area contributed by atoms with Gasteiger partial charge in [-0.1, -0.05) is 11.6 Å². The summed E-state index contributed by atoms with van der Waals surface area (Å²) < 4.78 is 18.3. The van der Waals surface area contributed by atoms with Crippen LogP contribution in [0.25, 0.3) is 0 Å². The molecule has 0 heterocycles. The Labute approximate surface area is 94.2 Å². The highest BCUT2D eigenvalue weighted by Crippen LogP contribution is 2.28. The van der Waals surface area contributed by atoms with Gasteiger partial charge in [-0.15, -0.1) is 0 Å². The van der Waals surface area contributed by atoms with E-state index in [4.69, 9.17) is 22.1 Å². The molecule has 2 nitrogen and oxygen atoms in total. The Balaban J connectivity index is 3.11. The Morgan fingerprint density at radius 2 is 2.07 bits per heavy atom. The van der Waals surface area contributed by atoms with Crippen molar-refractivity contribution in [2.75, 3.05) is 7.11 Å². The standard InChI is InChI=1S/C11H15ClFNO/c1-11(2,14)6-7-4-8(15-3)5-9(13)10(7)12/h4-5H,6,14H2,1-3H3. The average molecular weight is 232 g/mol. The molecule has 0 aliphatic carbocycles. The van der Waals surface area contributed by atoms with Gasteiger partial charge in [0, 0.05) is 11.6 Å². The van der Waals surface area contributed by atoms with Crippen molar-refractivity contribution in [2.45, 2.75) is 25.8 Å². The first-order chi connectivity index (χ1) is 6.83. The lowest BCUT2D eigenvalue weighted by atomic mass is 9.96. The minimum atomic E-state index is -0.477. The molecule has 0 aliphatic heterocycles. The number of benzene rings is 1. The number of halogens is 2. The van der Waals surface area contributed by atoms with E-state index in [1.54, 1.807) is 6.07 Å². The predicted molar refractivity (Wildman–Crippen MR) is 59.9 cm³/mol. The monoisotopic (exact) mass is 231 g/mol. The van der Waals surface area contributed by atoms with Crippen molar-refractivity contribution >= 4 is 11.6 Å². The van der Waals surface area contributed by atoms with Crippen molar-refractivity contribution in [3.05, 3.63) is 28.5 Å². The van der Waals surface area contributed by atoms with Gasteiger partial charge < -0.3 is 10.5 Å². The Bertz CT molecular complexity index is 360. The van der Waals surface area contributed by atoms with Gasteiger partial charge in [-0.25, -0.2) is 4.39 Å². The van der Waals surface area contributed by atoms with Crippen LogP contribution in [0.2, 0.25) is 5.02 Å². The maximum atomic E-state index is 13.3. The highest BCUT2D eigenvalue weighted by molar-refractivity contribution is 6.31. The van der Waals surface area contributed by atoms with Crippen LogP contribution >= 0.6 is 11.6 Å². The van der Waals surface area contributed by atoms with Gasteiger partial charge in [0.25, 0.3) is 0 Å². The van der Waals surface area contributed by atoms with Crippen molar-refractivity contribution in [1.82, 2.24) is 0 Å². The number of rotatable bonds is 3. The normalized spacial score (nSPS) is 11.6. The number of hydrogen-bond acceptors (Lipinski definition) is 2. The Morgan fingerprint density at radius 1 is 1.47 bits per heavy atom. The lowest BCUT2D eigenvalue weighted by Crippen LogP contribution is -2.34. The largest absolute Gasteiger partial charge is 0.497 e. The van der Waals surface area contributed by atoms with Crippen LogP contribution in [0.4, 0.5) is 4.39 Å². The molecule has 0 saturated heterocycles. The van der Waals surface area contributed by atoms with Crippen LogP contribution in [0.1, 0.15) is 19.4 Å². The van der Waals surface area contributed by atoms with Crippen LogP contribution in [-0.4, -0.2) is 12.6 Å². The van der Waals surface area contributed by atoms with Gasteiger partial charge in [0.15, 0.2) is 0 Å². The molecule has 0 amide bonds. The summed E-state index contributed by atoms with van der Waals surface area (Å²) in [4.78, 5) is 0. The molecule has 0 radical (unpaired) electrons. The van der Waals surface area contributed by atoms with E-state index in [2.05, 4.69) is 0 Å². The van der Waals surface area contributed by atoms with Gasteiger partial charge in [0.1, 0.15) is 11.6 Å². The van der Waals surface area contributed by atoms with Gasteiger partial charge in [-0.3, -0.25) is 0 Å². The predicted octanol–water partition coefficient (Wildman–Crippen LogP) is 2.77. The number of nitrogens with two attached hydrogens (primary N) is 1. The fourth-order valence-electron chi connectivity index (χ4n) is 1.36. The van der Waals surface area contributed by atoms with E-state index >= 15 is 0 Å². The molecule has 1 rings (SSSR count). The molecule has 1 aromatic carbocycles. The van der Waals surface area contributed by atoms with Gasteiger partial charge in [0.05, 0.1) is 12.1 Å². The van der Waals surface area contributed by atoms with E-state index in [1.165, 1.54) is 13.2 Å². The van der Waals surface area contributed by atoms with E-state index in [9.17, 15) is 4.39 Å². The first-order valence-corrected chi connectivity index (χ1v) is 5.02. The number of ether oxygens (including phenoxy) is 1. The zero-order valence-electron chi connectivity index (χ0n) is 9.10. The maximum absolute atomic E-state index is 13.3. The van der Waals surface area contributed by atoms with E-state index in [0.717, 1.165) is 0 Å². The molecule has 0 aliphatic rings. The molecule has 4 heteroatoms. The van der Waals surface area contributed by atoms with E-state index in [-0.39, 0.29) is 5.02 Å². The summed E-state index contributed by atoms with van der Waals surface area (Å²) in [5.74, 6) is -0.0218. The second kappa shape index (κ2) is 4.37. The molecule has 2 N–H and O–H groups in total. The Kier molecular flexibility index (Phi) is 3.58. The summed E-state index contributed by atoms with van der Waals surface area (Å²) >= 11 is 5.84. The minimum absolute atomic E-state index is 0.120. The minimum Gasteiger partial charge on any atom is -0.497 e. The molecular formula is C11H15ClFNO. The first-order valence-electron chi connectivity index (χ1n) is 4.64. The molecule has 0 atom stereocenters. The summed E-state index contributed by atoms with van der Waals surface area (Å²) in [6.07, 6.45) is 0.500. The van der Waals surface area contributed by atoms with Crippen LogP contribution in [0, 0.1) is 5.82 Å². The van der Waals surface area contributed by atoms with Crippen molar-refractivity contribution < 1.29 is 9.13 Å². The third-order valence-corrected chi connectivity index (χ3v) is 2.38. The second-order valence-electron chi connectivity index (χ2n) is 4.25. The molecular weight excluding hydrogens is 217 g/mol. The summed E-state index contributed by atoms with van der Waals surface area (Å²) in [6.45, 7) is 3.72. The lowest BCUT2D eigenvalue weighted by Gasteiger charge is -2.19. The molecule has 0 saturated carbocycles. The van der Waals surface area contributed by atoms with Crippen LogP contribution in [0.5, 0.6) is 5.75 Å². The van der Waals surface area contributed by atoms with Crippen LogP contribution in [0.15, 0.2) is 12.1 Å². The Hall–Kier alpha value is -0.800. The van der Waals surface area contributed by atoms with Crippen molar-refractivity contribution in [3.63, 3.8) is 0 Å². The summed E-state index contributed by atoms with van der Waals surface area (Å²) in [6, 6.07) is 2.97. The molecule has 15 heavy (non-hydrogen) atoms. The number of methoxy groups -OCH3 is 1. The van der Waals surface area contributed by atoms with Crippen LogP contribution in [-0.2, 0) is 6.42 Å². The lowest BCUT2D eigenvalue weighted by molar-refractivity contribution is 0.409. The highest BCUT2D eigenvalue weighted by Gasteiger charge is 2.17. The highest BCUT2D eigenvalue weighted by atomic mass is 35.5. The molecule has 0 unspecified atom stereocenters. The van der Waals surface area contributed by atoms with Gasteiger partial charge >= 0.3 is 0 Å². The quantitative estimate of drug-likeness (QED) is 0.868. The topological polar surface area (TPSA) is 35.2 Å². The zero-order chi connectivity index (χ0) is 11.6. The summed E-state index contributed by atoms with van der Waals surface area (Å²) in [5, 5.41) is 0.120. The molecule has 0 aromatic heterocycles. The van der Waals surface area contributed by atoms with Crippen LogP contribution in [0.3, 0.4) is 0 Å². The van der Waals surface area contributed by atoms with Crippen molar-refractivity contribution in [1.29, 1.82) is 0 Å². The molecule has 0 fully saturated rings. The smallest absolute Gasteiger partial charge is 0.145 e. The Morgan fingerprint density at radius 3 is 2.53 bits per heavy atom. The average Bonchev–Trinajstić information content (AvgIpc) is 2.10. The van der Waals surface area contributed by atoms with Gasteiger partial charge in [0.2, 0.25) is 0 Å². The van der Waals surface area contributed by atoms with Crippen LogP contribution < -0.4 is 10.5 Å². The fraction of sp³-hybridized carbons (Fsp3) is 0.455.